The molecule has 2 heterocycles. The molecule has 0 radical (unpaired) electrons. The van der Waals surface area contributed by atoms with Gasteiger partial charge < -0.3 is 19.4 Å². The molecule has 0 aromatic carbocycles. The number of nitrogens with one attached hydrogen (secondary N) is 1. The lowest BCUT2D eigenvalue weighted by atomic mass is 9.97. The predicted octanol–water partition coefficient (Wildman–Crippen LogP) is 2.70. The quantitative estimate of drug-likeness (QED) is 0.466. The second-order valence-corrected chi connectivity index (χ2v) is 6.83. The summed E-state index contributed by atoms with van der Waals surface area (Å²) in [5.41, 5.74) is 0. The number of hydrogen-bond donors (Lipinski definition) is 1. The highest BCUT2D eigenvalue weighted by atomic mass is 16.5. The Kier molecular flexibility index (Phi) is 7.82. The van der Waals surface area contributed by atoms with Crippen LogP contribution in [0.15, 0.2) is 27.8 Å². The number of piperidine rings is 1. The lowest BCUT2D eigenvalue weighted by molar-refractivity contribution is -0.149. The van der Waals surface area contributed by atoms with Crippen molar-refractivity contribution in [2.45, 2.75) is 40.0 Å². The van der Waals surface area contributed by atoms with Crippen molar-refractivity contribution in [2.24, 2.45) is 16.8 Å². The average molecular weight is 349 g/mol. The summed E-state index contributed by atoms with van der Waals surface area (Å²) in [5, 5.41) is 3.45. The standard InChI is InChI=1S/C19H31N3O3/c1-4-24-18(23)16-8-11-22(12-9-16)19(21-14-15(2)3)20-10-7-17-6-5-13-25-17/h5-6,13,15-16H,4,7-12,14H2,1-3H3,(H,20,21). The molecule has 1 aliphatic rings. The number of likely N-dealkylation sites (tertiary alicyclic amines) is 1. The topological polar surface area (TPSA) is 67.1 Å². The van der Waals surface area contributed by atoms with E-state index in [2.05, 4.69) is 24.1 Å². The number of rotatable bonds is 7. The van der Waals surface area contributed by atoms with Gasteiger partial charge in [0.25, 0.3) is 0 Å². The fraction of sp³-hybridized carbons (Fsp3) is 0.684. The summed E-state index contributed by atoms with van der Waals surface area (Å²) in [6, 6.07) is 3.89. The third kappa shape index (κ3) is 6.44. The predicted molar refractivity (Wildman–Crippen MR) is 98.5 cm³/mol. The van der Waals surface area contributed by atoms with Crippen LogP contribution in [0, 0.1) is 11.8 Å². The summed E-state index contributed by atoms with van der Waals surface area (Å²) in [4.78, 5) is 18.9. The van der Waals surface area contributed by atoms with Crippen molar-refractivity contribution in [1.29, 1.82) is 0 Å². The maximum absolute atomic E-state index is 11.9. The van der Waals surface area contributed by atoms with Crippen LogP contribution in [0.4, 0.5) is 0 Å². The number of aliphatic imine (C=N–C) groups is 1. The van der Waals surface area contributed by atoms with Crippen molar-refractivity contribution in [3.63, 3.8) is 0 Å². The van der Waals surface area contributed by atoms with E-state index >= 15 is 0 Å². The second-order valence-electron chi connectivity index (χ2n) is 6.83. The van der Waals surface area contributed by atoms with Crippen LogP contribution in [0.3, 0.4) is 0 Å². The molecule has 0 saturated carbocycles. The lowest BCUT2D eigenvalue weighted by Crippen LogP contribution is -2.47. The Balaban J connectivity index is 1.87. The van der Waals surface area contributed by atoms with Gasteiger partial charge in [-0.2, -0.15) is 0 Å². The molecule has 140 valence electrons. The maximum Gasteiger partial charge on any atom is 0.309 e. The molecule has 6 heteroatoms. The average Bonchev–Trinajstić information content (AvgIpc) is 3.11. The number of carbonyl (C=O) groups excluding carboxylic acids is 1. The molecule has 0 bridgehead atoms. The fourth-order valence-electron chi connectivity index (χ4n) is 2.88. The first-order chi connectivity index (χ1) is 12.1. The summed E-state index contributed by atoms with van der Waals surface area (Å²) in [5.74, 6) is 2.37. The van der Waals surface area contributed by atoms with Gasteiger partial charge in [0.15, 0.2) is 5.96 Å². The number of nitrogens with zero attached hydrogens (tertiary/aromatic N) is 2. The van der Waals surface area contributed by atoms with Gasteiger partial charge in [0, 0.05) is 32.6 Å². The van der Waals surface area contributed by atoms with Gasteiger partial charge in [-0.05, 0) is 37.8 Å². The number of ether oxygens (including phenoxy) is 1. The van der Waals surface area contributed by atoms with Crippen LogP contribution < -0.4 is 5.32 Å². The Labute approximate surface area is 150 Å². The molecule has 1 aromatic rings. The summed E-state index contributed by atoms with van der Waals surface area (Å²) in [7, 11) is 0. The van der Waals surface area contributed by atoms with Crippen molar-refractivity contribution in [1.82, 2.24) is 10.2 Å². The van der Waals surface area contributed by atoms with E-state index in [1.165, 1.54) is 0 Å². The molecule has 1 aromatic heterocycles. The first-order valence-corrected chi connectivity index (χ1v) is 9.32. The van der Waals surface area contributed by atoms with Crippen LogP contribution in [0.2, 0.25) is 0 Å². The van der Waals surface area contributed by atoms with E-state index in [-0.39, 0.29) is 11.9 Å². The molecule has 0 spiro atoms. The number of furan rings is 1. The van der Waals surface area contributed by atoms with Crippen molar-refractivity contribution in [3.8, 4) is 0 Å². The van der Waals surface area contributed by atoms with Gasteiger partial charge in [-0.1, -0.05) is 13.8 Å². The van der Waals surface area contributed by atoms with Crippen LogP contribution in [0.1, 0.15) is 39.4 Å². The van der Waals surface area contributed by atoms with E-state index in [4.69, 9.17) is 14.1 Å². The lowest BCUT2D eigenvalue weighted by Gasteiger charge is -2.33. The monoisotopic (exact) mass is 349 g/mol. The zero-order chi connectivity index (χ0) is 18.1. The number of esters is 1. The molecule has 0 unspecified atom stereocenters. The molecule has 0 aliphatic carbocycles. The van der Waals surface area contributed by atoms with Crippen LogP contribution >= 0.6 is 0 Å². The van der Waals surface area contributed by atoms with Crippen LogP contribution in [-0.4, -0.2) is 49.6 Å². The molecule has 25 heavy (non-hydrogen) atoms. The molecule has 0 atom stereocenters. The smallest absolute Gasteiger partial charge is 0.309 e. The summed E-state index contributed by atoms with van der Waals surface area (Å²) in [6.45, 7) is 9.86. The Hall–Kier alpha value is -1.98. The van der Waals surface area contributed by atoms with E-state index in [0.717, 1.165) is 57.2 Å². The summed E-state index contributed by atoms with van der Waals surface area (Å²) in [6.07, 6.45) is 4.16. The highest BCUT2D eigenvalue weighted by molar-refractivity contribution is 5.80. The molecule has 1 fully saturated rings. The minimum Gasteiger partial charge on any atom is -0.469 e. The van der Waals surface area contributed by atoms with Crippen molar-refractivity contribution in [3.05, 3.63) is 24.2 Å². The number of carbonyl (C=O) groups is 1. The third-order valence-electron chi connectivity index (χ3n) is 4.26. The molecule has 1 saturated heterocycles. The molecular weight excluding hydrogens is 318 g/mol. The number of hydrogen-bond acceptors (Lipinski definition) is 4. The van der Waals surface area contributed by atoms with Crippen LogP contribution in [0.5, 0.6) is 0 Å². The van der Waals surface area contributed by atoms with Crippen LogP contribution in [-0.2, 0) is 16.0 Å². The SMILES string of the molecule is CCOC(=O)C1CCN(C(=NCC(C)C)NCCc2ccco2)CC1. The van der Waals surface area contributed by atoms with Crippen molar-refractivity contribution >= 4 is 11.9 Å². The highest BCUT2D eigenvalue weighted by Crippen LogP contribution is 2.19. The first kappa shape index (κ1) is 19.3. The van der Waals surface area contributed by atoms with Gasteiger partial charge in [-0.15, -0.1) is 0 Å². The Bertz CT molecular complexity index is 532. The van der Waals surface area contributed by atoms with E-state index in [9.17, 15) is 4.79 Å². The molecule has 1 N–H and O–H groups in total. The molecule has 6 nitrogen and oxygen atoms in total. The molecule has 0 amide bonds. The van der Waals surface area contributed by atoms with Crippen molar-refractivity contribution in [2.75, 3.05) is 32.8 Å². The zero-order valence-electron chi connectivity index (χ0n) is 15.7. The zero-order valence-corrected chi connectivity index (χ0v) is 15.7. The summed E-state index contributed by atoms with van der Waals surface area (Å²) >= 11 is 0. The van der Waals surface area contributed by atoms with Gasteiger partial charge in [0.2, 0.25) is 0 Å². The second kappa shape index (κ2) is 10.1. The van der Waals surface area contributed by atoms with Gasteiger partial charge in [0.1, 0.15) is 5.76 Å². The van der Waals surface area contributed by atoms with Crippen LogP contribution in [0.25, 0.3) is 0 Å². The van der Waals surface area contributed by atoms with E-state index in [1.54, 1.807) is 6.26 Å². The normalized spacial score (nSPS) is 16.3. The highest BCUT2D eigenvalue weighted by Gasteiger charge is 2.27. The minimum absolute atomic E-state index is 0.0191. The van der Waals surface area contributed by atoms with Gasteiger partial charge in [0.05, 0.1) is 18.8 Å². The molecule has 2 rings (SSSR count). The molecular formula is C19H31N3O3. The van der Waals surface area contributed by atoms with Crippen molar-refractivity contribution < 1.29 is 13.9 Å². The summed E-state index contributed by atoms with van der Waals surface area (Å²) < 4.78 is 10.5. The van der Waals surface area contributed by atoms with E-state index in [0.29, 0.717) is 12.5 Å². The largest absolute Gasteiger partial charge is 0.469 e. The maximum atomic E-state index is 11.9. The minimum atomic E-state index is -0.0615. The first-order valence-electron chi connectivity index (χ1n) is 9.32. The van der Waals surface area contributed by atoms with E-state index in [1.807, 2.05) is 19.1 Å². The Morgan fingerprint density at radius 1 is 1.44 bits per heavy atom. The van der Waals surface area contributed by atoms with E-state index < -0.39 is 0 Å². The Morgan fingerprint density at radius 2 is 2.20 bits per heavy atom. The van der Waals surface area contributed by atoms with Gasteiger partial charge in [-0.3, -0.25) is 9.79 Å². The Morgan fingerprint density at radius 3 is 2.80 bits per heavy atom. The van der Waals surface area contributed by atoms with Gasteiger partial charge in [-0.25, -0.2) is 0 Å². The third-order valence-corrected chi connectivity index (χ3v) is 4.26. The fourth-order valence-corrected chi connectivity index (χ4v) is 2.88. The van der Waals surface area contributed by atoms with Gasteiger partial charge >= 0.3 is 5.97 Å². The molecule has 1 aliphatic heterocycles. The number of guanidine groups is 1.